The van der Waals surface area contributed by atoms with Gasteiger partial charge in [-0.3, -0.25) is 4.79 Å². The highest BCUT2D eigenvalue weighted by Gasteiger charge is 2.09. The van der Waals surface area contributed by atoms with Gasteiger partial charge >= 0.3 is 0 Å². The average molecular weight is 131 g/mol. The molecule has 0 saturated carbocycles. The topological polar surface area (TPSA) is 29.4 Å². The monoisotopic (exact) mass is 131 g/mol. The zero-order valence-electron chi connectivity index (χ0n) is 5.24. The molecule has 0 aromatic rings. The Bertz CT molecular complexity index is 305. The third-order valence-electron chi connectivity index (χ3n) is 1.49. The van der Waals surface area contributed by atoms with Gasteiger partial charge in [-0.25, -0.2) is 4.99 Å². The van der Waals surface area contributed by atoms with Gasteiger partial charge in [0.1, 0.15) is 0 Å². The molecule has 0 aromatic heterocycles. The number of amides is 1. The molecule has 0 atom stereocenters. The van der Waals surface area contributed by atoms with Gasteiger partial charge in [-0.2, -0.15) is 0 Å². The van der Waals surface area contributed by atoms with E-state index in [4.69, 9.17) is 0 Å². The van der Waals surface area contributed by atoms with E-state index in [9.17, 15) is 4.79 Å². The van der Waals surface area contributed by atoms with Crippen LogP contribution >= 0.6 is 0 Å². The predicted molar refractivity (Wildman–Crippen MR) is 38.8 cm³/mol. The van der Waals surface area contributed by atoms with Gasteiger partial charge < -0.3 is 0 Å². The lowest BCUT2D eigenvalue weighted by Crippen LogP contribution is -1.99. The van der Waals surface area contributed by atoms with E-state index < -0.39 is 0 Å². The molecular weight excluding hydrogens is 126 g/mol. The molecular formula is C8H5NO. The third kappa shape index (κ3) is 0.658. The lowest BCUT2D eigenvalue weighted by Gasteiger charge is -2.00. The zero-order chi connectivity index (χ0) is 6.97. The Morgan fingerprint density at radius 3 is 3.10 bits per heavy atom. The van der Waals surface area contributed by atoms with Crippen molar-refractivity contribution in [3.8, 4) is 0 Å². The fourth-order valence-electron chi connectivity index (χ4n) is 1.00. The van der Waals surface area contributed by atoms with Crippen molar-refractivity contribution < 1.29 is 4.79 Å². The maximum Gasteiger partial charge on any atom is 0.270 e. The van der Waals surface area contributed by atoms with E-state index in [1.165, 1.54) is 6.08 Å². The molecule has 2 nitrogen and oxygen atoms in total. The summed E-state index contributed by atoms with van der Waals surface area (Å²) >= 11 is 0. The Morgan fingerprint density at radius 2 is 2.20 bits per heavy atom. The van der Waals surface area contributed by atoms with Crippen molar-refractivity contribution in [1.82, 2.24) is 0 Å². The number of rotatable bonds is 0. The van der Waals surface area contributed by atoms with E-state index in [0.29, 0.717) is 0 Å². The first-order chi connectivity index (χ1) is 4.86. The largest absolute Gasteiger partial charge is 0.270 e. The summed E-state index contributed by atoms with van der Waals surface area (Å²) in [5.74, 6) is -0.168. The fourth-order valence-corrected chi connectivity index (χ4v) is 1.00. The highest BCUT2D eigenvalue weighted by molar-refractivity contribution is 6.06. The normalized spacial score (nSPS) is 20.6. The number of fused-ring (bicyclic) bond motifs is 1. The first kappa shape index (κ1) is 5.35. The van der Waals surface area contributed by atoms with Crippen LogP contribution < -0.4 is 0 Å². The number of hydrogen-bond acceptors (Lipinski definition) is 1. The molecule has 1 heterocycles. The number of hydrogen-bond donors (Lipinski definition) is 0. The quantitative estimate of drug-likeness (QED) is 0.482. The highest BCUT2D eigenvalue weighted by Crippen LogP contribution is 2.18. The van der Waals surface area contributed by atoms with Crippen LogP contribution in [-0.2, 0) is 4.79 Å². The molecule has 0 spiro atoms. The van der Waals surface area contributed by atoms with Crippen molar-refractivity contribution in [2.24, 2.45) is 4.99 Å². The van der Waals surface area contributed by atoms with Crippen LogP contribution in [0, 0.1) is 0 Å². The number of aliphatic imine (C=N–C) groups is 1. The lowest BCUT2D eigenvalue weighted by atomic mass is 10.1. The number of carbonyl (C=O) groups excluding carboxylic acids is 1. The summed E-state index contributed by atoms with van der Waals surface area (Å²) < 4.78 is 0. The first-order valence-corrected chi connectivity index (χ1v) is 3.05. The van der Waals surface area contributed by atoms with E-state index in [1.54, 1.807) is 6.21 Å². The molecule has 0 unspecified atom stereocenters. The van der Waals surface area contributed by atoms with Gasteiger partial charge in [0, 0.05) is 17.9 Å². The SMILES string of the molecule is O=C1C=C2C=CC=C2C=N1. The van der Waals surface area contributed by atoms with E-state index >= 15 is 0 Å². The maximum absolute atomic E-state index is 10.7. The van der Waals surface area contributed by atoms with Crippen molar-refractivity contribution in [2.45, 2.75) is 0 Å². The van der Waals surface area contributed by atoms with Crippen LogP contribution in [0.3, 0.4) is 0 Å². The van der Waals surface area contributed by atoms with E-state index in [1.807, 2.05) is 18.2 Å². The molecule has 2 rings (SSSR count). The van der Waals surface area contributed by atoms with E-state index in [2.05, 4.69) is 4.99 Å². The molecule has 0 N–H and O–H groups in total. The Hall–Kier alpha value is -1.44. The molecule has 0 fully saturated rings. The van der Waals surface area contributed by atoms with Crippen molar-refractivity contribution in [1.29, 1.82) is 0 Å². The highest BCUT2D eigenvalue weighted by atomic mass is 16.1. The third-order valence-corrected chi connectivity index (χ3v) is 1.49. The predicted octanol–water partition coefficient (Wildman–Crippen LogP) is 1.02. The molecule has 0 radical (unpaired) electrons. The Kier molecular flexibility index (Phi) is 0.947. The average Bonchev–Trinajstić information content (AvgIpc) is 2.33. The number of nitrogens with zero attached hydrogens (tertiary/aromatic N) is 1. The second kappa shape index (κ2) is 1.77. The summed E-state index contributed by atoms with van der Waals surface area (Å²) in [7, 11) is 0. The first-order valence-electron chi connectivity index (χ1n) is 3.05. The Morgan fingerprint density at radius 1 is 1.30 bits per heavy atom. The smallest absolute Gasteiger partial charge is 0.267 e. The number of dihydropyridines is 1. The van der Waals surface area contributed by atoms with Crippen LogP contribution in [0.1, 0.15) is 0 Å². The minimum absolute atomic E-state index is 0.168. The van der Waals surface area contributed by atoms with Crippen molar-refractivity contribution in [3.63, 3.8) is 0 Å². The summed E-state index contributed by atoms with van der Waals surface area (Å²) in [6.45, 7) is 0. The van der Waals surface area contributed by atoms with Crippen molar-refractivity contribution >= 4 is 12.1 Å². The minimum Gasteiger partial charge on any atom is -0.267 e. The van der Waals surface area contributed by atoms with Crippen LogP contribution in [0.15, 0.2) is 40.4 Å². The molecule has 0 saturated heterocycles. The molecule has 1 amide bonds. The van der Waals surface area contributed by atoms with Gasteiger partial charge in [-0.1, -0.05) is 18.2 Å². The summed E-state index contributed by atoms with van der Waals surface area (Å²) in [5.41, 5.74) is 2.00. The van der Waals surface area contributed by atoms with Gasteiger partial charge in [0.15, 0.2) is 0 Å². The van der Waals surface area contributed by atoms with Gasteiger partial charge in [0.25, 0.3) is 5.91 Å². The number of carbonyl (C=O) groups is 1. The lowest BCUT2D eigenvalue weighted by molar-refractivity contribution is -0.113. The standard InChI is InChI=1S/C8H5NO/c10-8-4-6-2-1-3-7(6)5-9-8/h1-5H. The maximum atomic E-state index is 10.7. The van der Waals surface area contributed by atoms with Crippen molar-refractivity contribution in [2.75, 3.05) is 0 Å². The number of allylic oxidation sites excluding steroid dienone is 5. The van der Waals surface area contributed by atoms with Crippen LogP contribution in [0.2, 0.25) is 0 Å². The summed E-state index contributed by atoms with van der Waals surface area (Å²) in [5, 5.41) is 0. The van der Waals surface area contributed by atoms with Gasteiger partial charge in [0.05, 0.1) is 0 Å². The second-order valence-electron chi connectivity index (χ2n) is 2.18. The molecule has 1 aliphatic heterocycles. The van der Waals surface area contributed by atoms with Gasteiger partial charge in [-0.05, 0) is 5.57 Å². The van der Waals surface area contributed by atoms with Crippen molar-refractivity contribution in [3.05, 3.63) is 35.5 Å². The minimum atomic E-state index is -0.168. The Labute approximate surface area is 58.3 Å². The van der Waals surface area contributed by atoms with Gasteiger partial charge in [0.2, 0.25) is 0 Å². The van der Waals surface area contributed by atoms with Crippen LogP contribution in [0.5, 0.6) is 0 Å². The zero-order valence-corrected chi connectivity index (χ0v) is 5.24. The molecule has 2 heteroatoms. The summed E-state index contributed by atoms with van der Waals surface area (Å²) in [6.07, 6.45) is 8.87. The molecule has 10 heavy (non-hydrogen) atoms. The molecule has 1 aliphatic carbocycles. The van der Waals surface area contributed by atoms with E-state index in [-0.39, 0.29) is 5.91 Å². The molecule has 2 aliphatic rings. The van der Waals surface area contributed by atoms with Crippen LogP contribution in [-0.4, -0.2) is 12.1 Å². The Balaban J connectivity index is 2.51. The van der Waals surface area contributed by atoms with Gasteiger partial charge in [-0.15, -0.1) is 0 Å². The summed E-state index contributed by atoms with van der Waals surface area (Å²) in [6, 6.07) is 0. The second-order valence-corrected chi connectivity index (χ2v) is 2.18. The van der Waals surface area contributed by atoms with Crippen LogP contribution in [0.25, 0.3) is 0 Å². The fraction of sp³-hybridized carbons (Fsp3) is 0. The van der Waals surface area contributed by atoms with Crippen LogP contribution in [0.4, 0.5) is 0 Å². The molecule has 0 bridgehead atoms. The molecule has 48 valence electrons. The summed E-state index contributed by atoms with van der Waals surface area (Å²) in [4.78, 5) is 14.3. The van der Waals surface area contributed by atoms with E-state index in [0.717, 1.165) is 11.1 Å². The molecule has 0 aromatic carbocycles.